The van der Waals surface area contributed by atoms with Crippen molar-refractivity contribution in [3.05, 3.63) is 24.0 Å². The van der Waals surface area contributed by atoms with E-state index in [0.717, 1.165) is 5.52 Å². The number of aromatic nitrogens is 2. The molecule has 1 heterocycles. The molecule has 2 rings (SSSR count). The van der Waals surface area contributed by atoms with Crippen molar-refractivity contribution < 1.29 is 15.0 Å². The van der Waals surface area contributed by atoms with Crippen molar-refractivity contribution in [1.82, 2.24) is 9.55 Å². The number of aromatic hydroxyl groups is 1. The lowest BCUT2D eigenvalue weighted by atomic mass is 10.1. The van der Waals surface area contributed by atoms with Gasteiger partial charge in [0, 0.05) is 19.5 Å². The summed E-state index contributed by atoms with van der Waals surface area (Å²) in [5.41, 5.74) is 1.57. The summed E-state index contributed by atoms with van der Waals surface area (Å²) in [7, 11) is 1.84. The third kappa shape index (κ3) is 2.08. The standard InChI is InChI=1S/C12H14N2O3/c1-7(12(16)17)5-11-13-9-6-8(15)3-4-10(9)14(11)2/h3-4,6-7,15H,5H2,1-2H3,(H,16,17). The highest BCUT2D eigenvalue weighted by atomic mass is 16.4. The Morgan fingerprint density at radius 2 is 2.24 bits per heavy atom. The molecule has 90 valence electrons. The first kappa shape index (κ1) is 11.4. The summed E-state index contributed by atoms with van der Waals surface area (Å²) < 4.78 is 1.86. The zero-order chi connectivity index (χ0) is 12.6. The third-order valence-corrected chi connectivity index (χ3v) is 2.87. The van der Waals surface area contributed by atoms with Crippen LogP contribution in [0.1, 0.15) is 12.7 Å². The van der Waals surface area contributed by atoms with Crippen LogP contribution in [-0.4, -0.2) is 25.7 Å². The van der Waals surface area contributed by atoms with Crippen LogP contribution in [-0.2, 0) is 18.3 Å². The number of phenols is 1. The summed E-state index contributed by atoms with van der Waals surface area (Å²) in [6.07, 6.45) is 0.376. The number of hydrogen-bond donors (Lipinski definition) is 2. The lowest BCUT2D eigenvalue weighted by Gasteiger charge is -2.05. The number of carboxylic acid groups (broad SMARTS) is 1. The Balaban J connectivity index is 2.42. The van der Waals surface area contributed by atoms with E-state index in [1.54, 1.807) is 25.1 Å². The minimum Gasteiger partial charge on any atom is -0.508 e. The Labute approximate surface area is 98.3 Å². The van der Waals surface area contributed by atoms with E-state index >= 15 is 0 Å². The van der Waals surface area contributed by atoms with Crippen molar-refractivity contribution >= 4 is 17.0 Å². The van der Waals surface area contributed by atoms with Gasteiger partial charge in [0.1, 0.15) is 11.6 Å². The second-order valence-electron chi connectivity index (χ2n) is 4.20. The van der Waals surface area contributed by atoms with Gasteiger partial charge in [-0.2, -0.15) is 0 Å². The first-order chi connectivity index (χ1) is 7.99. The average molecular weight is 234 g/mol. The summed E-state index contributed by atoms with van der Waals surface area (Å²) in [5, 5.41) is 18.2. The molecule has 0 aliphatic rings. The van der Waals surface area contributed by atoms with E-state index in [2.05, 4.69) is 4.98 Å². The van der Waals surface area contributed by atoms with Crippen molar-refractivity contribution in [2.24, 2.45) is 13.0 Å². The summed E-state index contributed by atoms with van der Waals surface area (Å²) >= 11 is 0. The van der Waals surface area contributed by atoms with Crippen LogP contribution in [0.2, 0.25) is 0 Å². The van der Waals surface area contributed by atoms with E-state index in [0.29, 0.717) is 17.8 Å². The van der Waals surface area contributed by atoms with Crippen molar-refractivity contribution in [2.45, 2.75) is 13.3 Å². The Bertz CT molecular complexity index is 574. The molecule has 0 aliphatic heterocycles. The van der Waals surface area contributed by atoms with Crippen LogP contribution in [0.15, 0.2) is 18.2 Å². The molecule has 5 nitrogen and oxygen atoms in total. The first-order valence-corrected chi connectivity index (χ1v) is 5.36. The fourth-order valence-electron chi connectivity index (χ4n) is 1.78. The Hall–Kier alpha value is -2.04. The maximum absolute atomic E-state index is 10.8. The fraction of sp³-hybridized carbons (Fsp3) is 0.333. The second kappa shape index (κ2) is 4.08. The van der Waals surface area contributed by atoms with E-state index in [1.807, 2.05) is 11.6 Å². The molecule has 5 heteroatoms. The molecule has 0 aliphatic carbocycles. The largest absolute Gasteiger partial charge is 0.508 e. The molecule has 2 aromatic rings. The molecule has 2 N–H and O–H groups in total. The molecule has 0 spiro atoms. The summed E-state index contributed by atoms with van der Waals surface area (Å²) in [5.74, 6) is -0.437. The van der Waals surface area contributed by atoms with Crippen molar-refractivity contribution in [3.63, 3.8) is 0 Å². The Kier molecular flexibility index (Phi) is 2.75. The van der Waals surface area contributed by atoms with Gasteiger partial charge in [-0.25, -0.2) is 4.98 Å². The van der Waals surface area contributed by atoms with E-state index < -0.39 is 11.9 Å². The van der Waals surface area contributed by atoms with Gasteiger partial charge in [-0.1, -0.05) is 6.92 Å². The molecule has 1 aromatic carbocycles. The third-order valence-electron chi connectivity index (χ3n) is 2.87. The van der Waals surface area contributed by atoms with Gasteiger partial charge in [0.15, 0.2) is 0 Å². The zero-order valence-electron chi connectivity index (χ0n) is 9.71. The van der Waals surface area contributed by atoms with E-state index in [-0.39, 0.29) is 5.75 Å². The monoisotopic (exact) mass is 234 g/mol. The lowest BCUT2D eigenvalue weighted by Crippen LogP contribution is -2.14. The Morgan fingerprint density at radius 3 is 2.88 bits per heavy atom. The number of imidazole rings is 1. The number of carboxylic acids is 1. The number of aliphatic carboxylic acids is 1. The van der Waals surface area contributed by atoms with Crippen LogP contribution >= 0.6 is 0 Å². The highest BCUT2D eigenvalue weighted by Crippen LogP contribution is 2.21. The molecule has 0 amide bonds. The molecule has 1 aromatic heterocycles. The van der Waals surface area contributed by atoms with Crippen LogP contribution in [0.5, 0.6) is 5.75 Å². The van der Waals surface area contributed by atoms with Crippen molar-refractivity contribution in [1.29, 1.82) is 0 Å². The number of nitrogens with zero attached hydrogens (tertiary/aromatic N) is 2. The SMILES string of the molecule is CC(Cc1nc2cc(O)ccc2n1C)C(=O)O. The van der Waals surface area contributed by atoms with Gasteiger partial charge in [0.2, 0.25) is 0 Å². The molecular weight excluding hydrogens is 220 g/mol. The highest BCUT2D eigenvalue weighted by Gasteiger charge is 2.16. The minimum atomic E-state index is -0.833. The molecule has 0 radical (unpaired) electrons. The minimum absolute atomic E-state index is 0.161. The molecule has 0 bridgehead atoms. The fourth-order valence-corrected chi connectivity index (χ4v) is 1.78. The molecule has 0 saturated heterocycles. The van der Waals surface area contributed by atoms with Gasteiger partial charge < -0.3 is 14.8 Å². The number of aryl methyl sites for hydroxylation is 1. The van der Waals surface area contributed by atoms with Crippen LogP contribution < -0.4 is 0 Å². The van der Waals surface area contributed by atoms with Crippen molar-refractivity contribution in [2.75, 3.05) is 0 Å². The van der Waals surface area contributed by atoms with Gasteiger partial charge >= 0.3 is 5.97 Å². The average Bonchev–Trinajstić information content (AvgIpc) is 2.55. The van der Waals surface area contributed by atoms with Gasteiger partial charge in [0.25, 0.3) is 0 Å². The summed E-state index contributed by atoms with van der Waals surface area (Å²) in [4.78, 5) is 15.1. The van der Waals surface area contributed by atoms with E-state index in [4.69, 9.17) is 5.11 Å². The molecule has 0 fully saturated rings. The molecular formula is C12H14N2O3. The molecule has 1 atom stereocenters. The van der Waals surface area contributed by atoms with Gasteiger partial charge in [-0.05, 0) is 12.1 Å². The normalized spacial score (nSPS) is 12.8. The lowest BCUT2D eigenvalue weighted by molar-refractivity contribution is -0.141. The number of carbonyl (C=O) groups is 1. The zero-order valence-corrected chi connectivity index (χ0v) is 9.71. The van der Waals surface area contributed by atoms with Crippen LogP contribution in [0.4, 0.5) is 0 Å². The van der Waals surface area contributed by atoms with Gasteiger partial charge in [-0.3, -0.25) is 4.79 Å². The van der Waals surface area contributed by atoms with Crippen molar-refractivity contribution in [3.8, 4) is 5.75 Å². The van der Waals surface area contributed by atoms with E-state index in [1.165, 1.54) is 0 Å². The van der Waals surface area contributed by atoms with Gasteiger partial charge in [-0.15, -0.1) is 0 Å². The second-order valence-corrected chi connectivity index (χ2v) is 4.20. The summed E-state index contributed by atoms with van der Waals surface area (Å²) in [6.45, 7) is 1.65. The topological polar surface area (TPSA) is 75.4 Å². The maximum atomic E-state index is 10.8. The molecule has 0 saturated carbocycles. The maximum Gasteiger partial charge on any atom is 0.306 e. The molecule has 17 heavy (non-hydrogen) atoms. The number of fused-ring (bicyclic) bond motifs is 1. The van der Waals surface area contributed by atoms with Gasteiger partial charge in [0.05, 0.1) is 17.0 Å². The number of hydrogen-bond acceptors (Lipinski definition) is 3. The number of rotatable bonds is 3. The number of benzene rings is 1. The van der Waals surface area contributed by atoms with E-state index in [9.17, 15) is 9.90 Å². The highest BCUT2D eigenvalue weighted by molar-refractivity contribution is 5.78. The smallest absolute Gasteiger partial charge is 0.306 e. The Morgan fingerprint density at radius 1 is 1.53 bits per heavy atom. The number of phenolic OH excluding ortho intramolecular Hbond substituents is 1. The summed E-state index contributed by atoms with van der Waals surface area (Å²) in [6, 6.07) is 4.94. The quantitative estimate of drug-likeness (QED) is 0.844. The van der Waals surface area contributed by atoms with Crippen LogP contribution in [0.3, 0.4) is 0 Å². The predicted octanol–water partition coefficient (Wildman–Crippen LogP) is 1.54. The first-order valence-electron chi connectivity index (χ1n) is 5.36. The predicted molar refractivity (Wildman–Crippen MR) is 62.9 cm³/mol. The molecule has 1 unspecified atom stereocenters. The van der Waals surface area contributed by atoms with Crippen LogP contribution in [0, 0.1) is 5.92 Å². The van der Waals surface area contributed by atoms with Crippen LogP contribution in [0.25, 0.3) is 11.0 Å².